The molecule has 0 bridgehead atoms. The first kappa shape index (κ1) is 11.1. The van der Waals surface area contributed by atoms with Crippen molar-refractivity contribution in [3.63, 3.8) is 0 Å². The van der Waals surface area contributed by atoms with Gasteiger partial charge in [0.15, 0.2) is 0 Å². The quantitative estimate of drug-likeness (QED) is 0.817. The molecule has 1 atom stereocenters. The molecule has 0 aliphatic carbocycles. The highest BCUT2D eigenvalue weighted by Gasteiger charge is 2.21. The lowest BCUT2D eigenvalue weighted by molar-refractivity contribution is -0.120. The van der Waals surface area contributed by atoms with Crippen molar-refractivity contribution in [3.8, 4) is 6.07 Å². The molecule has 1 amide bonds. The van der Waals surface area contributed by atoms with Crippen LogP contribution in [0.5, 0.6) is 0 Å². The van der Waals surface area contributed by atoms with Crippen LogP contribution in [0.15, 0.2) is 11.4 Å². The van der Waals surface area contributed by atoms with E-state index in [0.29, 0.717) is 10.6 Å². The Labute approximate surface area is 98.3 Å². The average Bonchev–Trinajstić information content (AvgIpc) is 2.77. The van der Waals surface area contributed by atoms with E-state index in [9.17, 15) is 4.79 Å². The number of carbonyl (C=O) groups excluding carboxylic acids is 1. The van der Waals surface area contributed by atoms with Crippen molar-refractivity contribution in [2.24, 2.45) is 5.92 Å². The number of nitrogens with one attached hydrogen (secondary N) is 2. The molecule has 1 aromatic rings. The Hall–Kier alpha value is -1.38. The number of piperidine rings is 1. The predicted octanol–water partition coefficient (Wildman–Crippen LogP) is 1.56. The predicted molar refractivity (Wildman–Crippen MR) is 63.3 cm³/mol. The maximum atomic E-state index is 11.9. The van der Waals surface area contributed by atoms with Gasteiger partial charge in [0, 0.05) is 6.54 Å². The van der Waals surface area contributed by atoms with Crippen molar-refractivity contribution in [3.05, 3.63) is 17.0 Å². The van der Waals surface area contributed by atoms with Crippen molar-refractivity contribution < 1.29 is 4.79 Å². The van der Waals surface area contributed by atoms with Crippen LogP contribution in [-0.4, -0.2) is 19.0 Å². The van der Waals surface area contributed by atoms with Crippen LogP contribution in [0, 0.1) is 17.2 Å². The first-order chi connectivity index (χ1) is 7.81. The standard InChI is InChI=1S/C11H13N3OS/c12-6-8-3-5-16-11(8)14-10(15)9-2-1-4-13-7-9/h3,5,9,13H,1-2,4,7H2,(H,14,15)/t9-/m1/s1. The lowest BCUT2D eigenvalue weighted by Gasteiger charge is -2.21. The van der Waals surface area contributed by atoms with Gasteiger partial charge in [0.25, 0.3) is 0 Å². The number of amides is 1. The van der Waals surface area contributed by atoms with E-state index in [1.807, 2.05) is 5.38 Å². The molecular formula is C11H13N3OS. The highest BCUT2D eigenvalue weighted by Crippen LogP contribution is 2.23. The number of thiophene rings is 1. The van der Waals surface area contributed by atoms with Crippen LogP contribution in [0.25, 0.3) is 0 Å². The van der Waals surface area contributed by atoms with Gasteiger partial charge in [-0.3, -0.25) is 4.79 Å². The van der Waals surface area contributed by atoms with Crippen molar-refractivity contribution in [1.82, 2.24) is 5.32 Å². The summed E-state index contributed by atoms with van der Waals surface area (Å²) in [5.41, 5.74) is 0.544. The van der Waals surface area contributed by atoms with Gasteiger partial charge < -0.3 is 10.6 Å². The Morgan fingerprint density at radius 2 is 2.56 bits per heavy atom. The zero-order chi connectivity index (χ0) is 11.4. The zero-order valence-corrected chi connectivity index (χ0v) is 9.64. The summed E-state index contributed by atoms with van der Waals surface area (Å²) >= 11 is 1.39. The van der Waals surface area contributed by atoms with Gasteiger partial charge >= 0.3 is 0 Å². The first-order valence-corrected chi connectivity index (χ1v) is 6.18. The van der Waals surface area contributed by atoms with Gasteiger partial charge in [0.05, 0.1) is 11.5 Å². The van der Waals surface area contributed by atoms with Crippen LogP contribution in [0.4, 0.5) is 5.00 Å². The number of hydrogen-bond acceptors (Lipinski definition) is 4. The van der Waals surface area contributed by atoms with Gasteiger partial charge in [0.1, 0.15) is 11.1 Å². The van der Waals surface area contributed by atoms with E-state index >= 15 is 0 Å². The van der Waals surface area contributed by atoms with Gasteiger partial charge in [-0.2, -0.15) is 5.26 Å². The van der Waals surface area contributed by atoms with Gasteiger partial charge in [-0.1, -0.05) is 0 Å². The van der Waals surface area contributed by atoms with Crippen molar-refractivity contribution in [2.75, 3.05) is 18.4 Å². The van der Waals surface area contributed by atoms with Gasteiger partial charge in [-0.25, -0.2) is 0 Å². The molecule has 5 heteroatoms. The molecule has 16 heavy (non-hydrogen) atoms. The fourth-order valence-corrected chi connectivity index (χ4v) is 2.52. The summed E-state index contributed by atoms with van der Waals surface area (Å²) in [4.78, 5) is 11.9. The molecule has 1 aliphatic rings. The third-order valence-electron chi connectivity index (χ3n) is 2.69. The average molecular weight is 235 g/mol. The van der Waals surface area contributed by atoms with E-state index in [2.05, 4.69) is 16.7 Å². The van der Waals surface area contributed by atoms with Crippen molar-refractivity contribution >= 4 is 22.2 Å². The normalized spacial score (nSPS) is 20.1. The number of nitriles is 1. The molecule has 84 valence electrons. The SMILES string of the molecule is N#Cc1ccsc1NC(=O)[C@@H]1CCCNC1. The summed E-state index contributed by atoms with van der Waals surface area (Å²) < 4.78 is 0. The fraction of sp³-hybridized carbons (Fsp3) is 0.455. The minimum Gasteiger partial charge on any atom is -0.316 e. The topological polar surface area (TPSA) is 64.9 Å². The maximum Gasteiger partial charge on any atom is 0.229 e. The van der Waals surface area contributed by atoms with E-state index in [0.717, 1.165) is 25.9 Å². The Bertz CT molecular complexity index is 415. The highest BCUT2D eigenvalue weighted by atomic mass is 32.1. The number of rotatable bonds is 2. The van der Waals surface area contributed by atoms with E-state index in [-0.39, 0.29) is 11.8 Å². The molecule has 1 saturated heterocycles. The maximum absolute atomic E-state index is 11.9. The second-order valence-corrected chi connectivity index (χ2v) is 4.72. The minimum atomic E-state index is 0.0196. The van der Waals surface area contributed by atoms with Crippen LogP contribution in [0.2, 0.25) is 0 Å². The summed E-state index contributed by atoms with van der Waals surface area (Å²) in [6, 6.07) is 3.79. The Kier molecular flexibility index (Phi) is 3.54. The van der Waals surface area contributed by atoms with E-state index in [1.165, 1.54) is 11.3 Å². The molecule has 0 unspecified atom stereocenters. The largest absolute Gasteiger partial charge is 0.316 e. The molecule has 1 fully saturated rings. The molecule has 0 spiro atoms. The molecule has 1 aromatic heterocycles. The highest BCUT2D eigenvalue weighted by molar-refractivity contribution is 7.14. The Balaban J connectivity index is 1.99. The molecule has 0 radical (unpaired) electrons. The molecule has 0 aromatic carbocycles. The van der Waals surface area contributed by atoms with Crippen LogP contribution < -0.4 is 10.6 Å². The fourth-order valence-electron chi connectivity index (χ4n) is 1.78. The summed E-state index contributed by atoms with van der Waals surface area (Å²) in [6.07, 6.45) is 1.96. The molecule has 2 rings (SSSR count). The lowest BCUT2D eigenvalue weighted by Crippen LogP contribution is -2.37. The monoisotopic (exact) mass is 235 g/mol. The molecule has 2 heterocycles. The van der Waals surface area contributed by atoms with Crippen LogP contribution in [0.3, 0.4) is 0 Å². The second-order valence-electron chi connectivity index (χ2n) is 3.81. The molecule has 4 nitrogen and oxygen atoms in total. The molecule has 0 saturated carbocycles. The molecular weight excluding hydrogens is 222 g/mol. The number of hydrogen-bond donors (Lipinski definition) is 2. The minimum absolute atomic E-state index is 0.0196. The van der Waals surface area contributed by atoms with Crippen LogP contribution >= 0.6 is 11.3 Å². The summed E-state index contributed by atoms with van der Waals surface area (Å²) in [6.45, 7) is 1.73. The summed E-state index contributed by atoms with van der Waals surface area (Å²) in [5.74, 6) is 0.0496. The second kappa shape index (κ2) is 5.10. The van der Waals surface area contributed by atoms with E-state index < -0.39 is 0 Å². The van der Waals surface area contributed by atoms with Gasteiger partial charge in [0.2, 0.25) is 5.91 Å². The van der Waals surface area contributed by atoms with Crippen molar-refractivity contribution in [2.45, 2.75) is 12.8 Å². The van der Waals surface area contributed by atoms with E-state index in [1.54, 1.807) is 6.07 Å². The zero-order valence-electron chi connectivity index (χ0n) is 8.82. The lowest BCUT2D eigenvalue weighted by atomic mass is 9.99. The first-order valence-electron chi connectivity index (χ1n) is 5.30. The van der Waals surface area contributed by atoms with Crippen molar-refractivity contribution in [1.29, 1.82) is 5.26 Å². The van der Waals surface area contributed by atoms with Gasteiger partial charge in [-0.05, 0) is 30.8 Å². The summed E-state index contributed by atoms with van der Waals surface area (Å²) in [7, 11) is 0. The molecule has 2 N–H and O–H groups in total. The smallest absolute Gasteiger partial charge is 0.229 e. The van der Waals surface area contributed by atoms with E-state index in [4.69, 9.17) is 5.26 Å². The number of nitrogens with zero attached hydrogens (tertiary/aromatic N) is 1. The Morgan fingerprint density at radius 1 is 1.69 bits per heavy atom. The Morgan fingerprint density at radius 3 is 3.25 bits per heavy atom. The molecule has 1 aliphatic heterocycles. The van der Waals surface area contributed by atoms with Crippen LogP contribution in [0.1, 0.15) is 18.4 Å². The van der Waals surface area contributed by atoms with Gasteiger partial charge in [-0.15, -0.1) is 11.3 Å². The number of anilines is 1. The number of carbonyl (C=O) groups is 1. The summed E-state index contributed by atoms with van der Waals surface area (Å²) in [5, 5.41) is 17.3. The third-order valence-corrected chi connectivity index (χ3v) is 3.52. The third kappa shape index (κ3) is 2.40. The van der Waals surface area contributed by atoms with Crippen LogP contribution in [-0.2, 0) is 4.79 Å².